The smallest absolute Gasteiger partial charge is 0.261 e. The van der Waals surface area contributed by atoms with Gasteiger partial charge in [-0.1, -0.05) is 17.6 Å². The first-order chi connectivity index (χ1) is 16.4. The van der Waals surface area contributed by atoms with Gasteiger partial charge in [0, 0.05) is 41.9 Å². The van der Waals surface area contributed by atoms with Crippen LogP contribution < -0.4 is 5.73 Å². The Bertz CT molecular complexity index is 1440. The van der Waals surface area contributed by atoms with Crippen molar-refractivity contribution in [1.82, 2.24) is 34.9 Å². The number of nitrogens with zero attached hydrogens (tertiary/aromatic N) is 7. The molecule has 2 atom stereocenters. The monoisotopic (exact) mass is 476 g/mol. The molecule has 34 heavy (non-hydrogen) atoms. The van der Waals surface area contributed by atoms with Gasteiger partial charge in [0.05, 0.1) is 28.9 Å². The Morgan fingerprint density at radius 2 is 1.94 bits per heavy atom. The van der Waals surface area contributed by atoms with Crippen LogP contribution in [0.3, 0.4) is 0 Å². The lowest BCUT2D eigenvalue weighted by atomic mass is 9.64. The van der Waals surface area contributed by atoms with Crippen LogP contribution in [0.5, 0.6) is 0 Å². The van der Waals surface area contributed by atoms with E-state index in [1.165, 1.54) is 0 Å². The van der Waals surface area contributed by atoms with Crippen LogP contribution in [0, 0.1) is 0 Å². The van der Waals surface area contributed by atoms with E-state index in [1.54, 1.807) is 18.6 Å². The number of pyridine rings is 1. The van der Waals surface area contributed by atoms with E-state index in [1.807, 2.05) is 23.1 Å². The highest BCUT2D eigenvalue weighted by Gasteiger charge is 2.45. The summed E-state index contributed by atoms with van der Waals surface area (Å²) in [6, 6.07) is 4.11. The van der Waals surface area contributed by atoms with Crippen LogP contribution in [-0.4, -0.2) is 56.5 Å². The van der Waals surface area contributed by atoms with Gasteiger partial charge in [-0.05, 0) is 46.3 Å². The minimum Gasteiger partial charge on any atom is -0.368 e. The number of nitrogen functional groups attached to an aromatic ring is 1. The highest BCUT2D eigenvalue weighted by atomic mass is 32.2. The summed E-state index contributed by atoms with van der Waals surface area (Å²) in [6.45, 7) is 0. The Morgan fingerprint density at radius 1 is 1.12 bits per heavy atom. The first-order valence-corrected chi connectivity index (χ1v) is 13.2. The average Bonchev–Trinajstić information content (AvgIpc) is 3.54. The fraction of sp³-hybridized carbons (Fsp3) is 0.348. The molecule has 1 saturated carbocycles. The molecule has 0 aromatic carbocycles. The highest BCUT2D eigenvalue weighted by Crippen LogP contribution is 2.48. The quantitative estimate of drug-likeness (QED) is 0.430. The molecule has 0 radical (unpaired) electrons. The van der Waals surface area contributed by atoms with E-state index < -0.39 is 9.52 Å². The summed E-state index contributed by atoms with van der Waals surface area (Å²) in [4.78, 5) is 17.4. The third-order valence-electron chi connectivity index (χ3n) is 6.89. The van der Waals surface area contributed by atoms with Crippen molar-refractivity contribution in [2.24, 2.45) is 0 Å². The third kappa shape index (κ3) is 3.56. The standard InChI is InChI=1S/C23H24N8O2S/c1-34(32)8-5-18(14-34)31-13-16(11-28-31)20-29-21(30-33-20)23(6-2-7-23)17-3-4-19(25-12-17)15-9-26-22(24)27-10-15/h3-4,9-13,18H,1-2,5-8,14H2,(H2,24,26,27). The van der Waals surface area contributed by atoms with Crippen molar-refractivity contribution >= 4 is 21.3 Å². The number of anilines is 1. The van der Waals surface area contributed by atoms with Gasteiger partial charge in [-0.2, -0.15) is 10.1 Å². The molecule has 11 heteroatoms. The molecule has 2 fully saturated rings. The van der Waals surface area contributed by atoms with E-state index >= 15 is 0 Å². The molecule has 4 aromatic rings. The van der Waals surface area contributed by atoms with Crippen LogP contribution in [0.4, 0.5) is 5.95 Å². The third-order valence-corrected chi connectivity index (χ3v) is 8.86. The first kappa shape index (κ1) is 21.0. The normalized spacial score (nSPS) is 23.6. The topological polar surface area (TPSA) is 138 Å². The van der Waals surface area contributed by atoms with Crippen LogP contribution in [0.25, 0.3) is 22.7 Å². The number of hydrogen-bond donors (Lipinski definition) is 1. The Balaban J connectivity index is 1.26. The van der Waals surface area contributed by atoms with E-state index in [9.17, 15) is 4.21 Å². The molecular formula is C23H24N8O2S. The van der Waals surface area contributed by atoms with Crippen LogP contribution in [0.2, 0.25) is 0 Å². The lowest BCUT2D eigenvalue weighted by molar-refractivity contribution is 0.272. The highest BCUT2D eigenvalue weighted by molar-refractivity contribution is 8.00. The van der Waals surface area contributed by atoms with E-state index in [0.717, 1.165) is 48.1 Å². The van der Waals surface area contributed by atoms with E-state index in [4.69, 9.17) is 15.2 Å². The average molecular weight is 477 g/mol. The number of nitrogens with two attached hydrogens (primary N) is 1. The van der Waals surface area contributed by atoms with Gasteiger partial charge in [0.1, 0.15) is 0 Å². The van der Waals surface area contributed by atoms with Crippen molar-refractivity contribution < 1.29 is 8.73 Å². The maximum Gasteiger partial charge on any atom is 0.261 e. The van der Waals surface area contributed by atoms with Crippen molar-refractivity contribution in [3.63, 3.8) is 0 Å². The first-order valence-electron chi connectivity index (χ1n) is 11.2. The van der Waals surface area contributed by atoms with Crippen LogP contribution >= 0.6 is 0 Å². The largest absolute Gasteiger partial charge is 0.368 e. The summed E-state index contributed by atoms with van der Waals surface area (Å²) < 4.78 is 19.7. The summed E-state index contributed by atoms with van der Waals surface area (Å²) in [5.41, 5.74) is 8.66. The second kappa shape index (κ2) is 7.73. The van der Waals surface area contributed by atoms with Crippen LogP contribution in [-0.2, 0) is 14.9 Å². The molecule has 4 aromatic heterocycles. The molecule has 0 bridgehead atoms. The van der Waals surface area contributed by atoms with E-state index in [0.29, 0.717) is 23.2 Å². The fourth-order valence-corrected chi connectivity index (χ4v) is 6.64. The zero-order valence-electron chi connectivity index (χ0n) is 18.5. The summed E-state index contributed by atoms with van der Waals surface area (Å²) >= 11 is 0. The molecule has 1 aliphatic carbocycles. The van der Waals surface area contributed by atoms with Crippen LogP contribution in [0.1, 0.15) is 43.1 Å². The van der Waals surface area contributed by atoms with Gasteiger partial charge in [-0.15, -0.1) is 0 Å². The molecule has 10 nitrogen and oxygen atoms in total. The summed E-state index contributed by atoms with van der Waals surface area (Å²) in [6.07, 6.45) is 12.6. The molecule has 5 heterocycles. The Morgan fingerprint density at radius 3 is 2.59 bits per heavy atom. The molecule has 1 saturated heterocycles. The van der Waals surface area contributed by atoms with Crippen molar-refractivity contribution in [3.8, 4) is 22.7 Å². The van der Waals surface area contributed by atoms with E-state index in [2.05, 4.69) is 37.1 Å². The summed E-state index contributed by atoms with van der Waals surface area (Å²) in [5, 5.41) is 8.80. The molecular weight excluding hydrogens is 452 g/mol. The van der Waals surface area contributed by atoms with Crippen molar-refractivity contribution in [2.45, 2.75) is 37.1 Å². The lowest BCUT2D eigenvalue weighted by Crippen LogP contribution is -2.36. The number of hydrogen-bond acceptors (Lipinski definition) is 9. The summed E-state index contributed by atoms with van der Waals surface area (Å²) in [7, 11) is -1.99. The lowest BCUT2D eigenvalue weighted by Gasteiger charge is -2.39. The van der Waals surface area contributed by atoms with Gasteiger partial charge in [0.25, 0.3) is 5.89 Å². The van der Waals surface area contributed by atoms with Crippen molar-refractivity contribution in [3.05, 3.63) is 54.5 Å². The minimum absolute atomic E-state index is 0.0927. The maximum absolute atomic E-state index is 12.2. The number of aromatic nitrogens is 7. The zero-order chi connectivity index (χ0) is 23.3. The SMILES string of the molecule is C=S1(=O)CCC(n2cc(-c3nc(C4(c5ccc(-c6cnc(N)nc6)nc5)CCC4)no3)cn2)C1. The predicted octanol–water partition coefficient (Wildman–Crippen LogP) is 2.50. The van der Waals surface area contributed by atoms with Crippen molar-refractivity contribution in [1.29, 1.82) is 0 Å². The van der Waals surface area contributed by atoms with Gasteiger partial charge in [-0.25, -0.2) is 9.97 Å². The van der Waals surface area contributed by atoms with Gasteiger partial charge >= 0.3 is 0 Å². The fourth-order valence-electron chi connectivity index (χ4n) is 4.75. The second-order valence-electron chi connectivity index (χ2n) is 9.11. The molecule has 6 rings (SSSR count). The van der Waals surface area contributed by atoms with Crippen LogP contribution in [0.15, 0.2) is 47.6 Å². The molecule has 2 aliphatic rings. The Labute approximate surface area is 196 Å². The maximum atomic E-state index is 12.2. The zero-order valence-corrected chi connectivity index (χ0v) is 19.3. The molecule has 0 amide bonds. The molecule has 2 N–H and O–H groups in total. The minimum atomic E-state index is -1.99. The Hall–Kier alpha value is -3.60. The number of rotatable bonds is 5. The van der Waals surface area contributed by atoms with Crippen molar-refractivity contribution in [2.75, 3.05) is 17.2 Å². The predicted molar refractivity (Wildman–Crippen MR) is 128 cm³/mol. The molecule has 1 aliphatic heterocycles. The van der Waals surface area contributed by atoms with E-state index in [-0.39, 0.29) is 17.4 Å². The van der Waals surface area contributed by atoms with Gasteiger partial charge in [0.15, 0.2) is 5.82 Å². The second-order valence-corrected chi connectivity index (χ2v) is 11.8. The molecule has 174 valence electrons. The van der Waals surface area contributed by atoms with Gasteiger partial charge in [0.2, 0.25) is 5.95 Å². The molecule has 0 spiro atoms. The van der Waals surface area contributed by atoms with Gasteiger partial charge in [-0.3, -0.25) is 13.9 Å². The van der Waals surface area contributed by atoms with Gasteiger partial charge < -0.3 is 10.3 Å². The molecule has 2 unspecified atom stereocenters. The summed E-state index contributed by atoms with van der Waals surface area (Å²) in [5.74, 6) is 6.36. The Kier molecular flexibility index (Phi) is 4.76.